The summed E-state index contributed by atoms with van der Waals surface area (Å²) in [5.41, 5.74) is 5.63. The van der Waals surface area contributed by atoms with Crippen LogP contribution in [0.25, 0.3) is 0 Å². The summed E-state index contributed by atoms with van der Waals surface area (Å²) in [4.78, 5) is 56.0. The molecule has 204 valence electrons. The number of nitrogens with one attached hydrogen (secondary N) is 2. The number of ketones is 1. The molecule has 3 aliphatic heterocycles. The molecule has 2 fully saturated rings. The molecule has 0 aromatic heterocycles. The van der Waals surface area contributed by atoms with E-state index in [9.17, 15) is 19.2 Å². The van der Waals surface area contributed by atoms with Crippen LogP contribution in [0.4, 0.5) is 16.2 Å². The number of urea groups is 1. The third-order valence-corrected chi connectivity index (χ3v) is 9.01. The Kier molecular flexibility index (Phi) is 5.49. The number of likely N-dealkylation sites (N-methyl/N-ethyl adjacent to an activating group) is 2. The van der Waals surface area contributed by atoms with Crippen molar-refractivity contribution in [1.29, 1.82) is 0 Å². The minimum atomic E-state index is -0.867. The topological polar surface area (TPSA) is 98.8 Å². The first-order valence-corrected chi connectivity index (χ1v) is 13.4. The largest absolute Gasteiger partial charge is 0.347 e. The Morgan fingerprint density at radius 1 is 0.675 bits per heavy atom. The molecular weight excluding hydrogens is 504 g/mol. The second-order valence-corrected chi connectivity index (χ2v) is 11.9. The van der Waals surface area contributed by atoms with Crippen LogP contribution in [-0.4, -0.2) is 37.7 Å². The van der Waals surface area contributed by atoms with Gasteiger partial charge < -0.3 is 9.80 Å². The zero-order valence-corrected chi connectivity index (χ0v) is 23.5. The highest BCUT2D eigenvalue weighted by molar-refractivity contribution is 6.30. The fraction of sp³-hybridized carbons (Fsp3) is 0.312. The molecule has 1 saturated carbocycles. The van der Waals surface area contributed by atoms with Gasteiger partial charge in [-0.25, -0.2) is 4.79 Å². The summed E-state index contributed by atoms with van der Waals surface area (Å²) in [6.45, 7) is 8.40. The number of nitrogens with zero attached hydrogens (tertiary/aromatic N) is 2. The molecule has 0 radical (unpaired) electrons. The number of Topliss-reactive ketones (excluding diaryl/α,β-unsaturated/α-hetero) is 1. The van der Waals surface area contributed by atoms with Gasteiger partial charge in [0, 0.05) is 47.7 Å². The van der Waals surface area contributed by atoms with Crippen LogP contribution in [-0.2, 0) is 25.2 Å². The fourth-order valence-electron chi connectivity index (χ4n) is 6.90. The van der Waals surface area contributed by atoms with E-state index in [0.29, 0.717) is 5.57 Å². The number of allylic oxidation sites excluding steroid dienone is 5. The van der Waals surface area contributed by atoms with Crippen LogP contribution in [0.5, 0.6) is 0 Å². The Balaban J connectivity index is 1.49. The number of benzene rings is 2. The number of para-hydroxylation sites is 2. The zero-order valence-electron chi connectivity index (χ0n) is 23.5. The molecular formula is C32H32N4O4. The zero-order chi connectivity index (χ0) is 28.7. The maximum Gasteiger partial charge on any atom is 0.328 e. The molecule has 6 rings (SSSR count). The normalized spacial score (nSPS) is 26.6. The minimum Gasteiger partial charge on any atom is -0.347 e. The van der Waals surface area contributed by atoms with Crippen LogP contribution in [0.3, 0.4) is 0 Å². The van der Waals surface area contributed by atoms with Gasteiger partial charge in [0.15, 0.2) is 5.78 Å². The standard InChI is InChI=1S/C32H32N4O4/c1-31(2)19-11-7-9-13-21(19)35(5)23(31)15-17-25(26-28(38)33-30(40)34-29(26)39)18(27(17)37)16-24-32(3,4)20-12-8-10-14-22(20)36(24)6/h7-18H,1-6H3,(H2,33,34,38,39,40)/b23-15-,24-16-. The molecule has 2 aromatic rings. The van der Waals surface area contributed by atoms with E-state index in [0.717, 1.165) is 33.9 Å². The molecule has 40 heavy (non-hydrogen) atoms. The van der Waals surface area contributed by atoms with E-state index in [1.807, 2.05) is 62.6 Å². The van der Waals surface area contributed by atoms with Crippen LogP contribution in [0.1, 0.15) is 38.8 Å². The lowest BCUT2D eigenvalue weighted by Gasteiger charge is -2.39. The average molecular weight is 537 g/mol. The van der Waals surface area contributed by atoms with Crippen LogP contribution in [0.2, 0.25) is 0 Å². The average Bonchev–Trinajstić information content (AvgIpc) is 3.22. The van der Waals surface area contributed by atoms with Crippen LogP contribution in [0.15, 0.2) is 83.2 Å². The summed E-state index contributed by atoms with van der Waals surface area (Å²) >= 11 is 0. The van der Waals surface area contributed by atoms with Gasteiger partial charge in [0.2, 0.25) is 0 Å². The molecule has 0 spiro atoms. The molecule has 1 saturated heterocycles. The van der Waals surface area contributed by atoms with E-state index in [4.69, 9.17) is 0 Å². The summed E-state index contributed by atoms with van der Waals surface area (Å²) in [5.74, 6) is -3.24. The Hall–Kier alpha value is -4.46. The molecule has 3 heterocycles. The number of rotatable bonds is 2. The first kappa shape index (κ1) is 25.8. The van der Waals surface area contributed by atoms with E-state index in [-0.39, 0.29) is 11.4 Å². The van der Waals surface area contributed by atoms with Gasteiger partial charge in [-0.05, 0) is 41.0 Å². The van der Waals surface area contributed by atoms with Crippen molar-refractivity contribution in [3.63, 3.8) is 0 Å². The maximum absolute atomic E-state index is 14.0. The number of fused-ring (bicyclic) bond motifs is 2. The van der Waals surface area contributed by atoms with Gasteiger partial charge in [0.1, 0.15) is 5.57 Å². The maximum atomic E-state index is 14.0. The number of carbonyl (C=O) groups excluding carboxylic acids is 4. The van der Waals surface area contributed by atoms with Gasteiger partial charge in [0.05, 0.1) is 11.8 Å². The number of anilines is 2. The van der Waals surface area contributed by atoms with E-state index >= 15 is 0 Å². The van der Waals surface area contributed by atoms with Crippen molar-refractivity contribution in [3.8, 4) is 0 Å². The fourth-order valence-corrected chi connectivity index (χ4v) is 6.90. The Bertz CT molecular complexity index is 1510. The quantitative estimate of drug-likeness (QED) is 0.443. The Morgan fingerprint density at radius 2 is 1.07 bits per heavy atom. The lowest BCUT2D eigenvalue weighted by molar-refractivity contribution is -0.127. The molecule has 8 heteroatoms. The van der Waals surface area contributed by atoms with Gasteiger partial charge >= 0.3 is 6.03 Å². The summed E-state index contributed by atoms with van der Waals surface area (Å²) in [7, 11) is 3.92. The molecule has 1 aliphatic carbocycles. The third kappa shape index (κ3) is 3.44. The number of hydrogen-bond donors (Lipinski definition) is 2. The highest BCUT2D eigenvalue weighted by Crippen LogP contribution is 2.52. The van der Waals surface area contributed by atoms with Crippen molar-refractivity contribution >= 4 is 35.0 Å². The van der Waals surface area contributed by atoms with Crippen molar-refractivity contribution in [3.05, 3.63) is 94.4 Å². The molecule has 8 nitrogen and oxygen atoms in total. The predicted molar refractivity (Wildman–Crippen MR) is 153 cm³/mol. The van der Waals surface area contributed by atoms with Crippen LogP contribution in [0, 0.1) is 11.8 Å². The van der Waals surface area contributed by atoms with Gasteiger partial charge in [0.25, 0.3) is 11.8 Å². The van der Waals surface area contributed by atoms with E-state index in [1.54, 1.807) is 0 Å². The van der Waals surface area contributed by atoms with Crippen molar-refractivity contribution in [2.75, 3.05) is 23.9 Å². The van der Waals surface area contributed by atoms with Crippen LogP contribution >= 0.6 is 0 Å². The van der Waals surface area contributed by atoms with Gasteiger partial charge in [-0.2, -0.15) is 0 Å². The number of amides is 4. The summed E-state index contributed by atoms with van der Waals surface area (Å²) in [6.07, 6.45) is 3.77. The number of imide groups is 2. The second kappa shape index (κ2) is 8.52. The van der Waals surface area contributed by atoms with Crippen molar-refractivity contribution in [2.45, 2.75) is 38.5 Å². The monoisotopic (exact) mass is 536 g/mol. The van der Waals surface area contributed by atoms with Gasteiger partial charge in [-0.1, -0.05) is 64.1 Å². The molecule has 2 N–H and O–H groups in total. The molecule has 4 amide bonds. The molecule has 4 aliphatic rings. The lowest BCUT2D eigenvalue weighted by atomic mass is 9.64. The summed E-state index contributed by atoms with van der Waals surface area (Å²) in [5, 5.41) is 4.38. The number of carbonyl (C=O) groups is 4. The molecule has 2 aromatic carbocycles. The first-order chi connectivity index (χ1) is 18.9. The SMILES string of the molecule is CN1/C(=C\C2C(=O)C(/C=C3\N(C)c4ccccc4C3(C)C)C2=C2C(=O)NC(=O)NC2=O)C(C)(C)c2ccccc21. The lowest BCUT2D eigenvalue weighted by Crippen LogP contribution is -2.54. The molecule has 0 bridgehead atoms. The van der Waals surface area contributed by atoms with E-state index in [1.165, 1.54) is 0 Å². The van der Waals surface area contributed by atoms with E-state index in [2.05, 4.69) is 60.3 Å². The van der Waals surface area contributed by atoms with Gasteiger partial charge in [-0.15, -0.1) is 0 Å². The van der Waals surface area contributed by atoms with Crippen LogP contribution < -0.4 is 20.4 Å². The summed E-state index contributed by atoms with van der Waals surface area (Å²) < 4.78 is 0. The number of hydrogen-bond acceptors (Lipinski definition) is 6. The van der Waals surface area contributed by atoms with Crippen molar-refractivity contribution in [2.24, 2.45) is 11.8 Å². The number of barbiturate groups is 1. The Morgan fingerprint density at radius 3 is 1.48 bits per heavy atom. The smallest absolute Gasteiger partial charge is 0.328 e. The first-order valence-electron chi connectivity index (χ1n) is 13.4. The Labute approximate surface area is 233 Å². The van der Waals surface area contributed by atoms with Gasteiger partial charge in [-0.3, -0.25) is 25.0 Å². The highest BCUT2D eigenvalue weighted by Gasteiger charge is 2.51. The summed E-state index contributed by atoms with van der Waals surface area (Å²) in [6, 6.07) is 15.3. The predicted octanol–water partition coefficient (Wildman–Crippen LogP) is 4.09. The second-order valence-electron chi connectivity index (χ2n) is 11.9. The third-order valence-electron chi connectivity index (χ3n) is 9.01. The van der Waals surface area contributed by atoms with Crippen molar-refractivity contribution in [1.82, 2.24) is 10.6 Å². The molecule has 2 unspecified atom stereocenters. The molecule has 2 atom stereocenters. The highest BCUT2D eigenvalue weighted by atomic mass is 16.2. The van der Waals surface area contributed by atoms with Crippen molar-refractivity contribution < 1.29 is 19.2 Å². The van der Waals surface area contributed by atoms with E-state index < -0.39 is 40.5 Å². The minimum absolute atomic E-state index is 0.0969.